The van der Waals surface area contributed by atoms with Crippen LogP contribution < -0.4 is 0 Å². The van der Waals surface area contributed by atoms with Gasteiger partial charge in [0.15, 0.2) is 0 Å². The van der Waals surface area contributed by atoms with Gasteiger partial charge in [0.25, 0.3) is 5.91 Å². The summed E-state index contributed by atoms with van der Waals surface area (Å²) < 4.78 is 0. The summed E-state index contributed by atoms with van der Waals surface area (Å²) in [6, 6.07) is 9.32. The van der Waals surface area contributed by atoms with Gasteiger partial charge in [-0.1, -0.05) is 19.9 Å². The molecule has 0 spiro atoms. The van der Waals surface area contributed by atoms with E-state index in [0.717, 1.165) is 10.9 Å². The van der Waals surface area contributed by atoms with Crippen LogP contribution in [0.1, 0.15) is 24.2 Å². The summed E-state index contributed by atoms with van der Waals surface area (Å²) in [7, 11) is 0. The van der Waals surface area contributed by atoms with E-state index >= 15 is 0 Å². The van der Waals surface area contributed by atoms with Crippen molar-refractivity contribution in [3.05, 3.63) is 42.1 Å². The van der Waals surface area contributed by atoms with Gasteiger partial charge in [-0.2, -0.15) is 0 Å². The van der Waals surface area contributed by atoms with E-state index in [4.69, 9.17) is 0 Å². The predicted octanol–water partition coefficient (Wildman–Crippen LogP) is 2.08. The van der Waals surface area contributed by atoms with E-state index in [-0.39, 0.29) is 11.8 Å². The molecule has 0 saturated carbocycles. The lowest BCUT2D eigenvalue weighted by Crippen LogP contribution is -2.65. The molecule has 2 aromatic rings. The molecule has 1 aliphatic heterocycles. The maximum atomic E-state index is 12.4. The number of fused-ring (bicyclic) bond motifs is 1. The van der Waals surface area contributed by atoms with Gasteiger partial charge in [-0.25, -0.2) is 0 Å². The van der Waals surface area contributed by atoms with Crippen molar-refractivity contribution < 1.29 is 9.90 Å². The van der Waals surface area contributed by atoms with Crippen LogP contribution in [0.25, 0.3) is 10.9 Å². The molecule has 20 heavy (non-hydrogen) atoms. The number of amides is 1. The van der Waals surface area contributed by atoms with Gasteiger partial charge in [0, 0.05) is 17.1 Å². The SMILES string of the molecule is CC(C)C1(O)CN(C(=O)c2ccc3ncccc3c2)C1. The van der Waals surface area contributed by atoms with Gasteiger partial charge >= 0.3 is 0 Å². The van der Waals surface area contributed by atoms with Crippen molar-refractivity contribution in [3.63, 3.8) is 0 Å². The van der Waals surface area contributed by atoms with Crippen LogP contribution in [0.3, 0.4) is 0 Å². The number of rotatable bonds is 2. The molecule has 1 N–H and O–H groups in total. The number of hydrogen-bond acceptors (Lipinski definition) is 3. The second kappa shape index (κ2) is 4.56. The number of nitrogens with zero attached hydrogens (tertiary/aromatic N) is 2. The van der Waals surface area contributed by atoms with Crippen LogP contribution in [0.15, 0.2) is 36.5 Å². The van der Waals surface area contributed by atoms with E-state index in [1.165, 1.54) is 0 Å². The third kappa shape index (κ3) is 2.06. The average molecular weight is 270 g/mol. The molecule has 104 valence electrons. The maximum absolute atomic E-state index is 12.4. The number of carbonyl (C=O) groups excluding carboxylic acids is 1. The Bertz CT molecular complexity index is 660. The van der Waals surface area contributed by atoms with Gasteiger partial charge in [-0.3, -0.25) is 9.78 Å². The Morgan fingerprint density at radius 2 is 2.10 bits per heavy atom. The standard InChI is InChI=1S/C16H18N2O2/c1-11(2)16(20)9-18(10-16)15(19)13-5-6-14-12(8-13)4-3-7-17-14/h3-8,11,20H,9-10H2,1-2H3. The first-order chi connectivity index (χ1) is 9.49. The lowest BCUT2D eigenvalue weighted by atomic mass is 9.82. The predicted molar refractivity (Wildman–Crippen MR) is 77.4 cm³/mol. The summed E-state index contributed by atoms with van der Waals surface area (Å²) in [5.74, 6) is 0.133. The second-order valence-electron chi connectivity index (χ2n) is 5.83. The molecule has 0 aliphatic carbocycles. The molecule has 1 aliphatic rings. The Hall–Kier alpha value is -1.94. The van der Waals surface area contributed by atoms with E-state index < -0.39 is 5.60 Å². The summed E-state index contributed by atoms with van der Waals surface area (Å²) in [5, 5.41) is 11.2. The highest BCUT2D eigenvalue weighted by molar-refractivity contribution is 5.98. The van der Waals surface area contributed by atoms with Crippen molar-refractivity contribution in [3.8, 4) is 0 Å². The van der Waals surface area contributed by atoms with E-state index in [9.17, 15) is 9.90 Å². The zero-order chi connectivity index (χ0) is 14.3. The molecule has 1 saturated heterocycles. The van der Waals surface area contributed by atoms with Crippen LogP contribution >= 0.6 is 0 Å². The monoisotopic (exact) mass is 270 g/mol. The summed E-state index contributed by atoms with van der Waals surface area (Å²) >= 11 is 0. The minimum atomic E-state index is -0.728. The molecule has 1 aromatic carbocycles. The van der Waals surface area contributed by atoms with E-state index in [1.807, 2.05) is 38.1 Å². The van der Waals surface area contributed by atoms with Crippen molar-refractivity contribution in [2.24, 2.45) is 5.92 Å². The van der Waals surface area contributed by atoms with E-state index in [1.54, 1.807) is 17.2 Å². The number of likely N-dealkylation sites (tertiary alicyclic amines) is 1. The molecule has 0 radical (unpaired) electrons. The number of aliphatic hydroxyl groups is 1. The summed E-state index contributed by atoms with van der Waals surface area (Å²) in [6.45, 7) is 4.77. The van der Waals surface area contributed by atoms with Gasteiger partial charge < -0.3 is 10.0 Å². The molecule has 0 atom stereocenters. The fourth-order valence-electron chi connectivity index (χ4n) is 2.51. The topological polar surface area (TPSA) is 53.4 Å². The first-order valence-corrected chi connectivity index (χ1v) is 6.86. The molecule has 0 bridgehead atoms. The number of carbonyl (C=O) groups is 1. The maximum Gasteiger partial charge on any atom is 0.254 e. The van der Waals surface area contributed by atoms with Crippen molar-refractivity contribution >= 4 is 16.8 Å². The number of benzene rings is 1. The average Bonchev–Trinajstić information content (AvgIpc) is 2.42. The van der Waals surface area contributed by atoms with Crippen LogP contribution in [-0.2, 0) is 0 Å². The molecular weight excluding hydrogens is 252 g/mol. The quantitative estimate of drug-likeness (QED) is 0.909. The number of β-amino-alcohol motifs (C(OH)–C–C–N with tert-alkyl or cyclic N) is 1. The van der Waals surface area contributed by atoms with E-state index in [2.05, 4.69) is 4.98 Å². The van der Waals surface area contributed by atoms with Crippen LogP contribution in [0, 0.1) is 5.92 Å². The second-order valence-corrected chi connectivity index (χ2v) is 5.83. The zero-order valence-electron chi connectivity index (χ0n) is 11.7. The summed E-state index contributed by atoms with van der Waals surface area (Å²) in [5.41, 5.74) is 0.802. The molecule has 1 amide bonds. The Morgan fingerprint density at radius 3 is 2.80 bits per heavy atom. The largest absolute Gasteiger partial charge is 0.386 e. The third-order valence-electron chi connectivity index (χ3n) is 4.14. The highest BCUT2D eigenvalue weighted by Crippen LogP contribution is 2.30. The first kappa shape index (κ1) is 13.1. The lowest BCUT2D eigenvalue weighted by molar-refractivity contribution is -0.110. The Kier molecular flexibility index (Phi) is 2.98. The fourth-order valence-corrected chi connectivity index (χ4v) is 2.51. The Labute approximate surface area is 118 Å². The number of aromatic nitrogens is 1. The molecule has 0 unspecified atom stereocenters. The highest BCUT2D eigenvalue weighted by Gasteiger charge is 2.45. The number of hydrogen-bond donors (Lipinski definition) is 1. The normalized spacial score (nSPS) is 17.3. The summed E-state index contributed by atoms with van der Waals surface area (Å²) in [6.07, 6.45) is 1.74. The molecular formula is C16H18N2O2. The van der Waals surface area contributed by atoms with Gasteiger partial charge in [0.1, 0.15) is 5.60 Å². The van der Waals surface area contributed by atoms with Crippen molar-refractivity contribution in [2.45, 2.75) is 19.4 Å². The van der Waals surface area contributed by atoms with Crippen LogP contribution in [-0.4, -0.2) is 39.6 Å². The minimum absolute atomic E-state index is 0.0268. The van der Waals surface area contributed by atoms with Gasteiger partial charge in [-0.05, 0) is 30.2 Å². The Balaban J connectivity index is 1.80. The molecule has 4 nitrogen and oxygen atoms in total. The van der Waals surface area contributed by atoms with Crippen LogP contribution in [0.5, 0.6) is 0 Å². The molecule has 3 rings (SSSR count). The lowest BCUT2D eigenvalue weighted by Gasteiger charge is -2.49. The molecule has 1 fully saturated rings. The van der Waals surface area contributed by atoms with Gasteiger partial charge in [0.05, 0.1) is 18.6 Å². The fraction of sp³-hybridized carbons (Fsp3) is 0.375. The van der Waals surface area contributed by atoms with Crippen LogP contribution in [0.2, 0.25) is 0 Å². The first-order valence-electron chi connectivity index (χ1n) is 6.86. The summed E-state index contributed by atoms with van der Waals surface area (Å²) in [4.78, 5) is 18.3. The Morgan fingerprint density at radius 1 is 1.35 bits per heavy atom. The number of pyridine rings is 1. The third-order valence-corrected chi connectivity index (χ3v) is 4.14. The van der Waals surface area contributed by atoms with Crippen molar-refractivity contribution in [1.82, 2.24) is 9.88 Å². The molecule has 1 aromatic heterocycles. The van der Waals surface area contributed by atoms with E-state index in [0.29, 0.717) is 18.7 Å². The van der Waals surface area contributed by atoms with Gasteiger partial charge in [0.2, 0.25) is 0 Å². The minimum Gasteiger partial charge on any atom is -0.386 e. The smallest absolute Gasteiger partial charge is 0.254 e. The molecule has 2 heterocycles. The van der Waals surface area contributed by atoms with Crippen molar-refractivity contribution in [2.75, 3.05) is 13.1 Å². The zero-order valence-corrected chi connectivity index (χ0v) is 11.7. The molecule has 4 heteroatoms. The van der Waals surface area contributed by atoms with Crippen molar-refractivity contribution in [1.29, 1.82) is 0 Å². The highest BCUT2D eigenvalue weighted by atomic mass is 16.3. The van der Waals surface area contributed by atoms with Crippen LogP contribution in [0.4, 0.5) is 0 Å². The van der Waals surface area contributed by atoms with Gasteiger partial charge in [-0.15, -0.1) is 0 Å².